The van der Waals surface area contributed by atoms with Crippen LogP contribution in [-0.2, 0) is 0 Å². The Labute approximate surface area is 188 Å². The molecule has 0 radical (unpaired) electrons. The predicted molar refractivity (Wildman–Crippen MR) is 128 cm³/mol. The van der Waals surface area contributed by atoms with Crippen molar-refractivity contribution in [3.63, 3.8) is 0 Å². The van der Waals surface area contributed by atoms with Crippen molar-refractivity contribution in [2.24, 2.45) is 0 Å². The van der Waals surface area contributed by atoms with Gasteiger partial charge in [0, 0.05) is 26.1 Å². The summed E-state index contributed by atoms with van der Waals surface area (Å²) in [6.45, 7) is 1.94. The van der Waals surface area contributed by atoms with E-state index in [0.717, 1.165) is 9.13 Å². The lowest BCUT2D eigenvalue weighted by Gasteiger charge is -2.11. The van der Waals surface area contributed by atoms with Crippen molar-refractivity contribution in [1.29, 1.82) is 0 Å². The first kappa shape index (κ1) is 20.9. The highest BCUT2D eigenvalue weighted by molar-refractivity contribution is 14.1. The number of carbonyl (C=O) groups excluding carboxylic acids is 2. The number of aryl methyl sites for hydroxylation is 1. The lowest BCUT2D eigenvalue weighted by atomic mass is 10.1. The van der Waals surface area contributed by atoms with Gasteiger partial charge >= 0.3 is 0 Å². The summed E-state index contributed by atoms with van der Waals surface area (Å²) in [5, 5.41) is 8.67. The smallest absolute Gasteiger partial charge is 0.257 e. The highest BCUT2D eigenvalue weighted by Crippen LogP contribution is 2.15. The Morgan fingerprint density at radius 2 is 1.38 bits per heavy atom. The van der Waals surface area contributed by atoms with E-state index in [2.05, 4.69) is 38.5 Å². The van der Waals surface area contributed by atoms with Crippen LogP contribution in [0.5, 0.6) is 0 Å². The average Bonchev–Trinajstić information content (AvgIpc) is 2.69. The monoisotopic (exact) mass is 515 g/mol. The highest BCUT2D eigenvalue weighted by Gasteiger charge is 2.09. The van der Waals surface area contributed by atoms with Crippen molar-refractivity contribution in [2.75, 3.05) is 10.6 Å². The molecule has 3 aromatic carbocycles. The molecule has 29 heavy (non-hydrogen) atoms. The number of hydrogen-bond donors (Lipinski definition) is 3. The van der Waals surface area contributed by atoms with E-state index in [4.69, 9.17) is 12.2 Å². The van der Waals surface area contributed by atoms with Crippen molar-refractivity contribution in [3.05, 3.63) is 93.1 Å². The Balaban J connectivity index is 1.56. The molecular weight excluding hydrogens is 497 g/mol. The van der Waals surface area contributed by atoms with E-state index in [0.29, 0.717) is 22.5 Å². The van der Waals surface area contributed by atoms with Crippen LogP contribution in [0.4, 0.5) is 11.4 Å². The molecule has 0 saturated heterocycles. The molecule has 0 heterocycles. The zero-order valence-electron chi connectivity index (χ0n) is 15.5. The van der Waals surface area contributed by atoms with Crippen molar-refractivity contribution in [1.82, 2.24) is 5.32 Å². The van der Waals surface area contributed by atoms with E-state index in [1.165, 1.54) is 0 Å². The maximum atomic E-state index is 12.3. The first-order chi connectivity index (χ1) is 13.9. The maximum Gasteiger partial charge on any atom is 0.257 e. The Bertz CT molecular complexity index is 1070. The van der Waals surface area contributed by atoms with Crippen LogP contribution >= 0.6 is 34.8 Å². The van der Waals surface area contributed by atoms with Crippen LogP contribution in [-0.4, -0.2) is 16.9 Å². The molecule has 0 atom stereocenters. The Morgan fingerprint density at radius 3 is 2.00 bits per heavy atom. The topological polar surface area (TPSA) is 70.2 Å². The van der Waals surface area contributed by atoms with Gasteiger partial charge in [0.2, 0.25) is 0 Å². The zero-order valence-corrected chi connectivity index (χ0v) is 18.5. The number of anilines is 2. The maximum absolute atomic E-state index is 12.3. The van der Waals surface area contributed by atoms with Gasteiger partial charge in [0.1, 0.15) is 0 Å². The molecule has 0 bridgehead atoms. The van der Waals surface area contributed by atoms with Crippen LogP contribution in [0.1, 0.15) is 26.3 Å². The van der Waals surface area contributed by atoms with E-state index in [1.54, 1.807) is 42.5 Å². The number of carbonyl (C=O) groups is 2. The summed E-state index contributed by atoms with van der Waals surface area (Å²) in [6.07, 6.45) is 0. The third-order valence-electron chi connectivity index (χ3n) is 3.99. The van der Waals surface area contributed by atoms with Crippen LogP contribution in [0.15, 0.2) is 72.8 Å². The summed E-state index contributed by atoms with van der Waals surface area (Å²) >= 11 is 7.36. The number of nitrogens with one attached hydrogen (secondary N) is 3. The van der Waals surface area contributed by atoms with Gasteiger partial charge in [0.25, 0.3) is 11.8 Å². The van der Waals surface area contributed by atoms with Gasteiger partial charge in [0.15, 0.2) is 5.11 Å². The first-order valence-corrected chi connectivity index (χ1v) is 10.3. The molecule has 0 aliphatic carbocycles. The molecule has 0 aromatic heterocycles. The van der Waals surface area contributed by atoms with E-state index >= 15 is 0 Å². The largest absolute Gasteiger partial charge is 0.332 e. The Kier molecular flexibility index (Phi) is 6.95. The molecule has 0 spiro atoms. The second kappa shape index (κ2) is 9.62. The van der Waals surface area contributed by atoms with Crippen molar-refractivity contribution >= 4 is 63.1 Å². The second-order valence-electron chi connectivity index (χ2n) is 6.32. The summed E-state index contributed by atoms with van der Waals surface area (Å²) in [6, 6.07) is 21.7. The number of benzene rings is 3. The molecular formula is C22H18IN3O2S. The van der Waals surface area contributed by atoms with Crippen LogP contribution in [0.2, 0.25) is 0 Å². The number of thiocarbonyl (C=S) groups is 1. The molecule has 0 fully saturated rings. The van der Waals surface area contributed by atoms with Crippen LogP contribution < -0.4 is 16.0 Å². The van der Waals surface area contributed by atoms with Gasteiger partial charge in [-0.3, -0.25) is 14.9 Å². The minimum atomic E-state index is -0.275. The molecule has 3 N–H and O–H groups in total. The van der Waals surface area contributed by atoms with Crippen molar-refractivity contribution < 1.29 is 9.59 Å². The van der Waals surface area contributed by atoms with E-state index < -0.39 is 0 Å². The molecule has 5 nitrogen and oxygen atoms in total. The molecule has 7 heteroatoms. The summed E-state index contributed by atoms with van der Waals surface area (Å²) < 4.78 is 0.970. The lowest BCUT2D eigenvalue weighted by Crippen LogP contribution is -2.34. The summed E-state index contributed by atoms with van der Waals surface area (Å²) in [7, 11) is 0. The molecule has 0 aliphatic heterocycles. The minimum Gasteiger partial charge on any atom is -0.332 e. The van der Waals surface area contributed by atoms with Gasteiger partial charge in [-0.1, -0.05) is 23.8 Å². The van der Waals surface area contributed by atoms with Gasteiger partial charge in [0.05, 0.1) is 0 Å². The third-order valence-corrected chi connectivity index (χ3v) is 4.87. The van der Waals surface area contributed by atoms with Crippen molar-refractivity contribution in [2.45, 2.75) is 6.92 Å². The standard InChI is InChI=1S/C22H18IN3O2S/c1-14-4-2-5-15(12-14)20(27)24-18-8-10-19(11-9-18)25-22(29)26-21(28)16-6-3-7-17(23)13-16/h2-13H,1H3,(H,24,27)(H2,25,26,28,29). The van der Waals surface area contributed by atoms with Gasteiger partial charge in [-0.05, 0) is 96.3 Å². The zero-order chi connectivity index (χ0) is 20.8. The minimum absolute atomic E-state index is 0.172. The van der Waals surface area contributed by atoms with Gasteiger partial charge in [-0.15, -0.1) is 0 Å². The van der Waals surface area contributed by atoms with Gasteiger partial charge in [-0.2, -0.15) is 0 Å². The molecule has 3 rings (SSSR count). The summed E-state index contributed by atoms with van der Waals surface area (Å²) in [5.41, 5.74) is 3.53. The molecule has 3 aromatic rings. The molecule has 146 valence electrons. The quantitative estimate of drug-likeness (QED) is 0.339. The van der Waals surface area contributed by atoms with Gasteiger partial charge < -0.3 is 10.6 Å². The molecule has 0 saturated carbocycles. The molecule has 0 aliphatic rings. The summed E-state index contributed by atoms with van der Waals surface area (Å²) in [5.74, 6) is -0.447. The SMILES string of the molecule is Cc1cccc(C(=O)Nc2ccc(NC(=S)NC(=O)c3cccc(I)c3)cc2)c1. The fourth-order valence-electron chi connectivity index (χ4n) is 2.59. The molecule has 2 amide bonds. The number of halogens is 1. The Morgan fingerprint density at radius 1 is 0.793 bits per heavy atom. The normalized spacial score (nSPS) is 10.1. The first-order valence-electron chi connectivity index (χ1n) is 8.77. The fourth-order valence-corrected chi connectivity index (χ4v) is 3.35. The van der Waals surface area contributed by atoms with Crippen molar-refractivity contribution in [3.8, 4) is 0 Å². The van der Waals surface area contributed by atoms with E-state index in [9.17, 15) is 9.59 Å². The Hall–Kier alpha value is -2.78. The van der Waals surface area contributed by atoms with Crippen LogP contribution in [0.3, 0.4) is 0 Å². The average molecular weight is 515 g/mol. The number of amides is 2. The van der Waals surface area contributed by atoms with E-state index in [-0.39, 0.29) is 16.9 Å². The highest BCUT2D eigenvalue weighted by atomic mass is 127. The third kappa shape index (κ3) is 6.10. The fraction of sp³-hybridized carbons (Fsp3) is 0.0455. The molecule has 0 unspecified atom stereocenters. The predicted octanol–water partition coefficient (Wildman–Crippen LogP) is 4.98. The lowest BCUT2D eigenvalue weighted by molar-refractivity contribution is 0.0976. The van der Waals surface area contributed by atoms with Crippen LogP contribution in [0.25, 0.3) is 0 Å². The van der Waals surface area contributed by atoms with Gasteiger partial charge in [-0.25, -0.2) is 0 Å². The summed E-state index contributed by atoms with van der Waals surface area (Å²) in [4.78, 5) is 24.6. The number of hydrogen-bond acceptors (Lipinski definition) is 3. The second-order valence-corrected chi connectivity index (χ2v) is 7.97. The van der Waals surface area contributed by atoms with E-state index in [1.807, 2.05) is 37.3 Å². The van der Waals surface area contributed by atoms with Crippen LogP contribution in [0, 0.1) is 10.5 Å². The number of rotatable bonds is 4.